The summed E-state index contributed by atoms with van der Waals surface area (Å²) in [7, 11) is 1.61. The lowest BCUT2D eigenvalue weighted by atomic mass is 9.85. The highest BCUT2D eigenvalue weighted by molar-refractivity contribution is 5.89. The summed E-state index contributed by atoms with van der Waals surface area (Å²) in [6.07, 6.45) is 2.94. The molecule has 0 aromatic heterocycles. The number of carbonyl (C=O) groups excluding carboxylic acids is 1. The third kappa shape index (κ3) is 7.66. The molecule has 1 aliphatic carbocycles. The number of nitrogens with zero attached hydrogens (tertiary/aromatic N) is 1. The molecule has 1 atom stereocenters. The lowest BCUT2D eigenvalue weighted by molar-refractivity contribution is -0.149. The number of ether oxygens (including phenoxy) is 3. The van der Waals surface area contributed by atoms with E-state index in [1.54, 1.807) is 14.0 Å². The standard InChI is InChI=1S/C26H34N2O6/c1-3-33-24(25(29)30)17-19-7-11-23(12-8-19)34-16-15-28(18-20-5-4-6-20)26(31)27-21-9-13-22(32-2)14-10-21/h7-14,20,24H,3-6,15-18H2,1-2H3,(H,27,31)(H,29,30). The molecule has 2 aromatic carbocycles. The molecule has 1 aliphatic rings. The van der Waals surface area contributed by atoms with E-state index in [4.69, 9.17) is 14.2 Å². The molecule has 3 rings (SSSR count). The van der Waals surface area contributed by atoms with Crippen LogP contribution in [0.1, 0.15) is 31.7 Å². The first-order chi connectivity index (χ1) is 16.5. The van der Waals surface area contributed by atoms with E-state index in [0.29, 0.717) is 50.1 Å². The third-order valence-electron chi connectivity index (χ3n) is 5.95. The van der Waals surface area contributed by atoms with E-state index in [-0.39, 0.29) is 6.03 Å². The van der Waals surface area contributed by atoms with Crippen LogP contribution in [0.4, 0.5) is 10.5 Å². The Balaban J connectivity index is 1.52. The predicted octanol–water partition coefficient (Wildman–Crippen LogP) is 4.44. The summed E-state index contributed by atoms with van der Waals surface area (Å²) in [5.74, 6) is 0.973. The van der Waals surface area contributed by atoms with Gasteiger partial charge in [-0.1, -0.05) is 18.6 Å². The first kappa shape index (κ1) is 25.4. The van der Waals surface area contributed by atoms with Crippen LogP contribution >= 0.6 is 0 Å². The van der Waals surface area contributed by atoms with Crippen LogP contribution in [0.25, 0.3) is 0 Å². The second kappa shape index (κ2) is 12.8. The molecule has 0 aliphatic heterocycles. The zero-order valence-corrected chi connectivity index (χ0v) is 19.9. The minimum absolute atomic E-state index is 0.147. The van der Waals surface area contributed by atoms with E-state index in [9.17, 15) is 14.7 Å². The fourth-order valence-corrected chi connectivity index (χ4v) is 3.77. The molecule has 0 bridgehead atoms. The van der Waals surface area contributed by atoms with E-state index in [1.165, 1.54) is 6.42 Å². The van der Waals surface area contributed by atoms with Gasteiger partial charge in [-0.05, 0) is 67.6 Å². The molecule has 2 amide bonds. The van der Waals surface area contributed by atoms with Gasteiger partial charge in [-0.3, -0.25) is 0 Å². The van der Waals surface area contributed by atoms with Crippen LogP contribution in [0, 0.1) is 5.92 Å². The van der Waals surface area contributed by atoms with Crippen molar-refractivity contribution in [3.63, 3.8) is 0 Å². The largest absolute Gasteiger partial charge is 0.497 e. The summed E-state index contributed by atoms with van der Waals surface area (Å²) in [5.41, 5.74) is 1.58. The molecular weight excluding hydrogens is 436 g/mol. The Labute approximate surface area is 200 Å². The number of carbonyl (C=O) groups is 2. The van der Waals surface area contributed by atoms with Crippen molar-refractivity contribution in [1.29, 1.82) is 0 Å². The van der Waals surface area contributed by atoms with Crippen molar-refractivity contribution in [2.75, 3.05) is 38.7 Å². The van der Waals surface area contributed by atoms with E-state index in [2.05, 4.69) is 5.32 Å². The highest BCUT2D eigenvalue weighted by Gasteiger charge is 2.24. The van der Waals surface area contributed by atoms with Crippen molar-refractivity contribution < 1.29 is 28.9 Å². The van der Waals surface area contributed by atoms with Crippen LogP contribution in [0.15, 0.2) is 48.5 Å². The quantitative estimate of drug-likeness (QED) is 0.449. The Morgan fingerprint density at radius 2 is 1.76 bits per heavy atom. The molecule has 0 heterocycles. The van der Waals surface area contributed by atoms with Gasteiger partial charge >= 0.3 is 12.0 Å². The molecule has 8 nitrogen and oxygen atoms in total. The molecule has 0 saturated heterocycles. The second-order valence-electron chi connectivity index (χ2n) is 8.38. The van der Waals surface area contributed by atoms with Gasteiger partial charge in [-0.15, -0.1) is 0 Å². The van der Waals surface area contributed by atoms with Crippen molar-refractivity contribution >= 4 is 17.7 Å². The van der Waals surface area contributed by atoms with Crippen molar-refractivity contribution in [2.45, 2.75) is 38.7 Å². The Morgan fingerprint density at radius 1 is 1.09 bits per heavy atom. The number of nitrogens with one attached hydrogen (secondary N) is 1. The minimum atomic E-state index is -0.971. The monoisotopic (exact) mass is 470 g/mol. The number of hydrogen-bond acceptors (Lipinski definition) is 5. The number of methoxy groups -OCH3 is 1. The maximum Gasteiger partial charge on any atom is 0.333 e. The number of benzene rings is 2. The van der Waals surface area contributed by atoms with E-state index >= 15 is 0 Å². The van der Waals surface area contributed by atoms with Gasteiger partial charge in [0.05, 0.1) is 13.7 Å². The maximum atomic E-state index is 12.9. The number of hydrogen-bond donors (Lipinski definition) is 2. The average molecular weight is 471 g/mol. The summed E-state index contributed by atoms with van der Waals surface area (Å²) in [6.45, 7) is 3.66. The highest BCUT2D eigenvalue weighted by atomic mass is 16.5. The lowest BCUT2D eigenvalue weighted by Crippen LogP contribution is -2.42. The lowest BCUT2D eigenvalue weighted by Gasteiger charge is -2.32. The molecule has 8 heteroatoms. The predicted molar refractivity (Wildman–Crippen MR) is 130 cm³/mol. The normalized spacial score (nSPS) is 14.1. The summed E-state index contributed by atoms with van der Waals surface area (Å²) >= 11 is 0. The number of carboxylic acid groups (broad SMARTS) is 1. The minimum Gasteiger partial charge on any atom is -0.497 e. The fraction of sp³-hybridized carbons (Fsp3) is 0.462. The second-order valence-corrected chi connectivity index (χ2v) is 8.38. The summed E-state index contributed by atoms with van der Waals surface area (Å²) in [5, 5.41) is 12.2. The van der Waals surface area contributed by atoms with Crippen LogP contribution in [-0.4, -0.2) is 61.5 Å². The van der Waals surface area contributed by atoms with Gasteiger partial charge in [0.1, 0.15) is 18.1 Å². The van der Waals surface area contributed by atoms with Gasteiger partial charge in [0.2, 0.25) is 0 Å². The number of aliphatic carboxylic acids is 1. The van der Waals surface area contributed by atoms with Crippen molar-refractivity contribution in [3.05, 3.63) is 54.1 Å². The molecule has 184 valence electrons. The van der Waals surface area contributed by atoms with Gasteiger partial charge in [0, 0.05) is 25.3 Å². The third-order valence-corrected chi connectivity index (χ3v) is 5.95. The topological polar surface area (TPSA) is 97.3 Å². The van der Waals surface area contributed by atoms with Crippen LogP contribution < -0.4 is 14.8 Å². The molecule has 1 unspecified atom stereocenters. The van der Waals surface area contributed by atoms with Crippen molar-refractivity contribution in [1.82, 2.24) is 4.90 Å². The fourth-order valence-electron chi connectivity index (χ4n) is 3.77. The molecule has 2 aromatic rings. The Bertz CT molecular complexity index is 912. The van der Waals surface area contributed by atoms with Gasteiger partial charge in [0.15, 0.2) is 6.10 Å². The van der Waals surface area contributed by atoms with Gasteiger partial charge in [0.25, 0.3) is 0 Å². The Hall–Kier alpha value is -3.26. The Morgan fingerprint density at radius 3 is 2.32 bits per heavy atom. The SMILES string of the molecule is CCOC(Cc1ccc(OCCN(CC2CCC2)C(=O)Nc2ccc(OC)cc2)cc1)C(=O)O. The number of amides is 2. The number of rotatable bonds is 13. The van der Waals surface area contributed by atoms with Gasteiger partial charge in [-0.25, -0.2) is 9.59 Å². The molecular formula is C26H34N2O6. The van der Waals surface area contributed by atoms with E-state index in [0.717, 1.165) is 24.2 Å². The van der Waals surface area contributed by atoms with Gasteiger partial charge in [-0.2, -0.15) is 0 Å². The van der Waals surface area contributed by atoms with E-state index in [1.807, 2.05) is 53.4 Å². The molecule has 1 fully saturated rings. The average Bonchev–Trinajstić information content (AvgIpc) is 2.81. The number of anilines is 1. The molecule has 34 heavy (non-hydrogen) atoms. The molecule has 0 spiro atoms. The molecule has 0 radical (unpaired) electrons. The van der Waals surface area contributed by atoms with Gasteiger partial charge < -0.3 is 29.5 Å². The number of urea groups is 1. The summed E-state index contributed by atoms with van der Waals surface area (Å²) < 4.78 is 16.3. The zero-order valence-electron chi connectivity index (χ0n) is 19.9. The van der Waals surface area contributed by atoms with Crippen molar-refractivity contribution in [2.24, 2.45) is 5.92 Å². The summed E-state index contributed by atoms with van der Waals surface area (Å²) in [6, 6.07) is 14.4. The zero-order chi connectivity index (χ0) is 24.3. The van der Waals surface area contributed by atoms with Crippen LogP contribution in [-0.2, 0) is 16.0 Å². The smallest absolute Gasteiger partial charge is 0.333 e. The van der Waals surface area contributed by atoms with Crippen LogP contribution in [0.3, 0.4) is 0 Å². The maximum absolute atomic E-state index is 12.9. The highest BCUT2D eigenvalue weighted by Crippen LogP contribution is 2.27. The molecule has 2 N–H and O–H groups in total. The Kier molecular flexibility index (Phi) is 9.58. The molecule has 1 saturated carbocycles. The first-order valence-electron chi connectivity index (χ1n) is 11.7. The van der Waals surface area contributed by atoms with Crippen molar-refractivity contribution in [3.8, 4) is 11.5 Å². The first-order valence-corrected chi connectivity index (χ1v) is 11.7. The number of carboxylic acids is 1. The van der Waals surface area contributed by atoms with E-state index < -0.39 is 12.1 Å². The van der Waals surface area contributed by atoms with Crippen LogP contribution in [0.2, 0.25) is 0 Å². The summed E-state index contributed by atoms with van der Waals surface area (Å²) in [4.78, 5) is 26.0. The van der Waals surface area contributed by atoms with Crippen LogP contribution in [0.5, 0.6) is 11.5 Å².